The monoisotopic (exact) mass is 383 g/mol. The molecule has 0 saturated heterocycles. The van der Waals surface area contributed by atoms with Crippen LogP contribution in [-0.2, 0) is 13.0 Å². The lowest BCUT2D eigenvalue weighted by Gasteiger charge is -2.16. The fourth-order valence-electron chi connectivity index (χ4n) is 2.74. The molecule has 2 atom stereocenters. The number of aliphatic hydroxyl groups is 2. The van der Waals surface area contributed by atoms with Crippen molar-refractivity contribution in [1.82, 2.24) is 10.2 Å². The molecule has 3 aromatic rings. The second-order valence-electron chi connectivity index (χ2n) is 6.25. The van der Waals surface area contributed by atoms with Gasteiger partial charge in [0.25, 0.3) is 0 Å². The summed E-state index contributed by atoms with van der Waals surface area (Å²) in [6, 6.07) is 12.3. The van der Waals surface area contributed by atoms with Crippen LogP contribution in [0.1, 0.15) is 29.9 Å². The Morgan fingerprint density at radius 3 is 2.44 bits per heavy atom. The van der Waals surface area contributed by atoms with Crippen molar-refractivity contribution >= 4 is 17.3 Å². The normalized spacial score (nSPS) is 13.1. The van der Waals surface area contributed by atoms with Crippen LogP contribution in [0.4, 0.5) is 5.69 Å². The van der Waals surface area contributed by atoms with Gasteiger partial charge in [0.15, 0.2) is 0 Å². The summed E-state index contributed by atoms with van der Waals surface area (Å²) in [7, 11) is 0. The van der Waals surface area contributed by atoms with Gasteiger partial charge in [0.1, 0.15) is 0 Å². The molecule has 138 valence electrons. The molecule has 3 rings (SSSR count). The Hall–Kier alpha value is -2.72. The molecule has 1 heterocycles. The van der Waals surface area contributed by atoms with Crippen molar-refractivity contribution in [3.8, 4) is 11.5 Å². The van der Waals surface area contributed by atoms with E-state index in [9.17, 15) is 5.11 Å². The third kappa shape index (κ3) is 4.34. The number of hydrogen-bond donors (Lipinski definition) is 2. The molecule has 0 spiro atoms. The number of nitrogens with zero attached hydrogens (tertiary/aromatic N) is 3. The van der Waals surface area contributed by atoms with E-state index in [1.54, 1.807) is 49.4 Å². The summed E-state index contributed by atoms with van der Waals surface area (Å²) in [5, 5.41) is 27.9. The van der Waals surface area contributed by atoms with Gasteiger partial charge in [0.2, 0.25) is 17.5 Å². The lowest BCUT2D eigenvalue weighted by atomic mass is 9.94. The molecule has 1 aromatic heterocycles. The summed E-state index contributed by atoms with van der Waals surface area (Å²) in [6.45, 7) is 8.70. The Bertz CT molecular complexity index is 961. The first-order chi connectivity index (χ1) is 13.0. The van der Waals surface area contributed by atoms with Gasteiger partial charge in [-0.15, -0.1) is 10.2 Å². The Morgan fingerprint density at radius 2 is 1.85 bits per heavy atom. The molecule has 0 saturated carbocycles. The molecule has 0 aliphatic rings. The van der Waals surface area contributed by atoms with Gasteiger partial charge in [-0.2, -0.15) is 0 Å². The highest BCUT2D eigenvalue weighted by atomic mass is 35.5. The van der Waals surface area contributed by atoms with E-state index >= 15 is 0 Å². The van der Waals surface area contributed by atoms with E-state index in [1.807, 2.05) is 0 Å². The number of aliphatic hydroxyl groups excluding tert-OH is 2. The number of rotatable bonds is 6. The largest absolute Gasteiger partial charge is 0.420 e. The van der Waals surface area contributed by atoms with Crippen LogP contribution < -0.4 is 0 Å². The first-order valence-corrected chi connectivity index (χ1v) is 8.77. The summed E-state index contributed by atoms with van der Waals surface area (Å²) in [5.74, 6) is 0.274. The van der Waals surface area contributed by atoms with Gasteiger partial charge >= 0.3 is 0 Å². The highest BCUT2D eigenvalue weighted by Gasteiger charge is 2.25. The summed E-state index contributed by atoms with van der Waals surface area (Å²) in [6.07, 6.45) is -0.268. The van der Waals surface area contributed by atoms with Crippen molar-refractivity contribution in [2.45, 2.75) is 32.0 Å². The van der Waals surface area contributed by atoms with Crippen LogP contribution in [0.15, 0.2) is 46.9 Å². The van der Waals surface area contributed by atoms with Crippen LogP contribution in [0.25, 0.3) is 16.3 Å². The predicted molar refractivity (Wildman–Crippen MR) is 101 cm³/mol. The quantitative estimate of drug-likeness (QED) is 0.625. The van der Waals surface area contributed by atoms with Gasteiger partial charge < -0.3 is 14.6 Å². The Kier molecular flexibility index (Phi) is 5.87. The van der Waals surface area contributed by atoms with Crippen molar-refractivity contribution in [3.63, 3.8) is 0 Å². The van der Waals surface area contributed by atoms with Gasteiger partial charge in [0.05, 0.1) is 25.2 Å². The second kappa shape index (κ2) is 8.31. The number of aromatic nitrogens is 2. The average molecular weight is 384 g/mol. The van der Waals surface area contributed by atoms with Crippen molar-refractivity contribution in [1.29, 1.82) is 0 Å². The molecule has 0 bridgehead atoms. The minimum atomic E-state index is -0.714. The van der Waals surface area contributed by atoms with Gasteiger partial charge in [-0.05, 0) is 36.6 Å². The van der Waals surface area contributed by atoms with E-state index < -0.39 is 12.0 Å². The fourth-order valence-corrected chi connectivity index (χ4v) is 2.99. The summed E-state index contributed by atoms with van der Waals surface area (Å²) < 4.78 is 5.79. The molecular formula is C20H18ClN3O3. The zero-order chi connectivity index (χ0) is 19.4. The smallest absolute Gasteiger partial charge is 0.247 e. The Balaban J connectivity index is 1.84. The standard InChI is InChI=1S/C20H18ClN3O3/c1-12(26)16(9-14-5-8-18(22-2)17(21)10-14)20-24-23-19(27-20)15-6-3-13(11-25)4-7-15/h3-8,10,12,16,25-26H,9,11H2,1H3/t12-,16+/m0/s1. The van der Waals surface area contributed by atoms with Crippen molar-refractivity contribution in [3.05, 3.63) is 75.9 Å². The molecule has 2 aromatic carbocycles. The molecule has 6 nitrogen and oxygen atoms in total. The molecule has 27 heavy (non-hydrogen) atoms. The minimum Gasteiger partial charge on any atom is -0.420 e. The number of benzene rings is 2. The van der Waals surface area contributed by atoms with E-state index in [-0.39, 0.29) is 6.61 Å². The first-order valence-electron chi connectivity index (χ1n) is 8.39. The lowest BCUT2D eigenvalue weighted by Crippen LogP contribution is -2.17. The molecule has 0 aliphatic heterocycles. The number of halogens is 1. The van der Waals surface area contributed by atoms with Gasteiger partial charge in [-0.25, -0.2) is 4.85 Å². The second-order valence-corrected chi connectivity index (χ2v) is 6.66. The minimum absolute atomic E-state index is 0.0334. The predicted octanol–water partition coefficient (Wildman–Crippen LogP) is 4.14. The first kappa shape index (κ1) is 19.1. The molecule has 2 N–H and O–H groups in total. The third-order valence-electron chi connectivity index (χ3n) is 4.31. The Morgan fingerprint density at radius 1 is 1.15 bits per heavy atom. The highest BCUT2D eigenvalue weighted by molar-refractivity contribution is 6.33. The van der Waals surface area contributed by atoms with Crippen molar-refractivity contribution < 1.29 is 14.6 Å². The van der Waals surface area contributed by atoms with E-state index in [1.165, 1.54) is 0 Å². The Labute approximate surface area is 161 Å². The summed E-state index contributed by atoms with van der Waals surface area (Å²) in [5.41, 5.74) is 2.78. The van der Waals surface area contributed by atoms with E-state index in [0.717, 1.165) is 16.7 Å². The maximum absolute atomic E-state index is 10.2. The third-order valence-corrected chi connectivity index (χ3v) is 4.61. The topological polar surface area (TPSA) is 83.7 Å². The van der Waals surface area contributed by atoms with Crippen LogP contribution in [0.2, 0.25) is 5.02 Å². The molecule has 0 aliphatic carbocycles. The maximum atomic E-state index is 10.2. The molecular weight excluding hydrogens is 366 g/mol. The van der Waals surface area contributed by atoms with Crippen LogP contribution >= 0.6 is 11.6 Å². The zero-order valence-corrected chi connectivity index (χ0v) is 15.4. The van der Waals surface area contributed by atoms with E-state index in [4.69, 9.17) is 27.7 Å². The molecule has 0 fully saturated rings. The molecule has 0 radical (unpaired) electrons. The summed E-state index contributed by atoms with van der Waals surface area (Å²) in [4.78, 5) is 3.34. The van der Waals surface area contributed by atoms with Gasteiger partial charge in [-0.3, -0.25) is 0 Å². The number of hydrogen-bond acceptors (Lipinski definition) is 5. The van der Waals surface area contributed by atoms with Crippen LogP contribution in [0.3, 0.4) is 0 Å². The van der Waals surface area contributed by atoms with Crippen LogP contribution in [-0.4, -0.2) is 26.5 Å². The summed E-state index contributed by atoms with van der Waals surface area (Å²) >= 11 is 6.10. The van der Waals surface area contributed by atoms with E-state index in [2.05, 4.69) is 15.0 Å². The van der Waals surface area contributed by atoms with E-state index in [0.29, 0.717) is 28.9 Å². The molecule has 7 heteroatoms. The zero-order valence-electron chi connectivity index (χ0n) is 14.6. The molecule has 0 amide bonds. The van der Waals surface area contributed by atoms with Gasteiger partial charge in [-0.1, -0.05) is 41.9 Å². The van der Waals surface area contributed by atoms with Crippen molar-refractivity contribution in [2.24, 2.45) is 0 Å². The van der Waals surface area contributed by atoms with Crippen LogP contribution in [0.5, 0.6) is 0 Å². The lowest BCUT2D eigenvalue weighted by molar-refractivity contribution is 0.148. The highest BCUT2D eigenvalue weighted by Crippen LogP contribution is 2.31. The average Bonchev–Trinajstić information content (AvgIpc) is 3.16. The maximum Gasteiger partial charge on any atom is 0.247 e. The fraction of sp³-hybridized carbons (Fsp3) is 0.250. The van der Waals surface area contributed by atoms with Crippen molar-refractivity contribution in [2.75, 3.05) is 0 Å². The SMILES string of the molecule is [C-]#[N+]c1ccc(C[C@@H](c2nnc(-c3ccc(CO)cc3)o2)[C@H](C)O)cc1Cl. The van der Waals surface area contributed by atoms with Gasteiger partial charge in [0, 0.05) is 10.6 Å². The van der Waals surface area contributed by atoms with Crippen LogP contribution in [0, 0.1) is 6.57 Å². The molecule has 0 unspecified atom stereocenters.